The zero-order chi connectivity index (χ0) is 17.5. The Labute approximate surface area is 148 Å². The van der Waals surface area contributed by atoms with E-state index in [0.717, 1.165) is 37.2 Å². The van der Waals surface area contributed by atoms with Gasteiger partial charge in [0, 0.05) is 26.1 Å². The Balaban J connectivity index is 1.42. The molecule has 0 radical (unpaired) electrons. The number of carbonyl (C=O) groups is 1. The summed E-state index contributed by atoms with van der Waals surface area (Å²) in [5.74, 6) is 0.156. The molecule has 0 aliphatic carbocycles. The molecule has 1 aliphatic heterocycles. The maximum Gasteiger partial charge on any atom is 0.223 e. The van der Waals surface area contributed by atoms with Crippen molar-refractivity contribution in [1.29, 1.82) is 0 Å². The first-order chi connectivity index (χ1) is 12.3. The molecule has 0 saturated heterocycles. The van der Waals surface area contributed by atoms with E-state index in [9.17, 15) is 9.90 Å². The van der Waals surface area contributed by atoms with Gasteiger partial charge in [-0.3, -0.25) is 9.48 Å². The number of benzene rings is 1. The highest BCUT2D eigenvalue weighted by Gasteiger charge is 2.20. The molecule has 6 nitrogen and oxygen atoms in total. The lowest BCUT2D eigenvalue weighted by molar-refractivity contribution is -0.132. The van der Waals surface area contributed by atoms with Gasteiger partial charge in [-0.15, -0.1) is 0 Å². The Morgan fingerprint density at radius 2 is 2.08 bits per heavy atom. The van der Waals surface area contributed by atoms with Gasteiger partial charge in [-0.05, 0) is 24.5 Å². The highest BCUT2D eigenvalue weighted by Crippen LogP contribution is 2.15. The Bertz CT molecular complexity index is 684. The molecule has 6 heteroatoms. The minimum Gasteiger partial charge on any atom is -0.390 e. The van der Waals surface area contributed by atoms with Crippen molar-refractivity contribution in [3.8, 4) is 0 Å². The minimum absolute atomic E-state index is 0.0628. The summed E-state index contributed by atoms with van der Waals surface area (Å²) in [6, 6.07) is 11.9. The Morgan fingerprint density at radius 1 is 1.24 bits per heavy atom. The number of nitrogens with zero attached hydrogens (tertiary/aromatic N) is 3. The number of rotatable bonds is 7. The van der Waals surface area contributed by atoms with E-state index in [0.29, 0.717) is 31.9 Å². The number of aromatic nitrogens is 2. The maximum absolute atomic E-state index is 12.5. The normalized spacial score (nSPS) is 14.2. The van der Waals surface area contributed by atoms with E-state index in [2.05, 4.69) is 5.10 Å². The van der Waals surface area contributed by atoms with E-state index in [1.165, 1.54) is 0 Å². The molecule has 0 fully saturated rings. The largest absolute Gasteiger partial charge is 0.390 e. The zero-order valence-corrected chi connectivity index (χ0v) is 14.4. The molecule has 2 heterocycles. The van der Waals surface area contributed by atoms with Crippen LogP contribution in [-0.4, -0.2) is 38.8 Å². The average molecular weight is 343 g/mol. The van der Waals surface area contributed by atoms with Crippen LogP contribution in [0.1, 0.15) is 36.2 Å². The fourth-order valence-corrected chi connectivity index (χ4v) is 3.06. The van der Waals surface area contributed by atoms with E-state index in [4.69, 9.17) is 4.74 Å². The monoisotopic (exact) mass is 343 g/mol. The van der Waals surface area contributed by atoms with Gasteiger partial charge in [-0.1, -0.05) is 30.3 Å². The Morgan fingerprint density at radius 3 is 2.88 bits per heavy atom. The van der Waals surface area contributed by atoms with E-state index >= 15 is 0 Å². The summed E-state index contributed by atoms with van der Waals surface area (Å²) in [7, 11) is 0. The van der Waals surface area contributed by atoms with Crippen molar-refractivity contribution in [2.45, 2.75) is 45.6 Å². The van der Waals surface area contributed by atoms with Crippen LogP contribution < -0.4 is 0 Å². The molecule has 1 N–H and O–H groups in total. The molecule has 0 unspecified atom stereocenters. The molecule has 0 atom stereocenters. The maximum atomic E-state index is 12.5. The summed E-state index contributed by atoms with van der Waals surface area (Å²) < 4.78 is 7.55. The van der Waals surface area contributed by atoms with Crippen LogP contribution >= 0.6 is 0 Å². The van der Waals surface area contributed by atoms with Crippen LogP contribution in [0, 0.1) is 0 Å². The van der Waals surface area contributed by atoms with Gasteiger partial charge in [0.15, 0.2) is 0 Å². The van der Waals surface area contributed by atoms with Gasteiger partial charge in [0.1, 0.15) is 0 Å². The predicted molar refractivity (Wildman–Crippen MR) is 93.5 cm³/mol. The molecule has 0 bridgehead atoms. The first kappa shape index (κ1) is 17.6. The van der Waals surface area contributed by atoms with Crippen molar-refractivity contribution in [3.63, 3.8) is 0 Å². The SMILES string of the molecule is O=C(CCCOCc1ccccc1)N1CCCn2nc(CO)cc2C1. The predicted octanol–water partition coefficient (Wildman–Crippen LogP) is 2.10. The van der Waals surface area contributed by atoms with Gasteiger partial charge in [-0.25, -0.2) is 0 Å². The van der Waals surface area contributed by atoms with Crippen LogP contribution in [-0.2, 0) is 35.8 Å². The van der Waals surface area contributed by atoms with Crippen molar-refractivity contribution < 1.29 is 14.6 Å². The second kappa shape index (κ2) is 8.78. The molecule has 1 aliphatic rings. The quantitative estimate of drug-likeness (QED) is 0.782. The lowest BCUT2D eigenvalue weighted by Gasteiger charge is -2.20. The van der Waals surface area contributed by atoms with Crippen LogP contribution in [0.4, 0.5) is 0 Å². The fourth-order valence-electron chi connectivity index (χ4n) is 3.06. The highest BCUT2D eigenvalue weighted by molar-refractivity contribution is 5.76. The van der Waals surface area contributed by atoms with Crippen molar-refractivity contribution in [2.24, 2.45) is 0 Å². The Hall–Kier alpha value is -2.18. The summed E-state index contributed by atoms with van der Waals surface area (Å²) in [6.45, 7) is 3.22. The van der Waals surface area contributed by atoms with E-state index in [1.807, 2.05) is 46.0 Å². The molecule has 0 spiro atoms. The standard InChI is InChI=1S/C19H25N3O3/c23-14-17-12-18-13-21(9-5-10-22(18)20-17)19(24)8-4-11-25-15-16-6-2-1-3-7-16/h1-3,6-7,12,23H,4-5,8-11,13-15H2. The number of ether oxygens (including phenoxy) is 1. The molecule has 134 valence electrons. The Kier molecular flexibility index (Phi) is 6.19. The molecule has 3 rings (SSSR count). The smallest absolute Gasteiger partial charge is 0.223 e. The molecular formula is C19H25N3O3. The fraction of sp³-hybridized carbons (Fsp3) is 0.474. The summed E-state index contributed by atoms with van der Waals surface area (Å²) in [4.78, 5) is 14.3. The van der Waals surface area contributed by atoms with Crippen LogP contribution in [0.15, 0.2) is 36.4 Å². The number of carbonyl (C=O) groups excluding carboxylic acids is 1. The topological polar surface area (TPSA) is 67.6 Å². The van der Waals surface area contributed by atoms with Crippen LogP contribution in [0.3, 0.4) is 0 Å². The van der Waals surface area contributed by atoms with E-state index in [1.54, 1.807) is 0 Å². The number of aryl methyl sites for hydroxylation is 1. The third-order valence-electron chi connectivity index (χ3n) is 4.37. The lowest BCUT2D eigenvalue weighted by Crippen LogP contribution is -2.30. The van der Waals surface area contributed by atoms with Crippen LogP contribution in [0.2, 0.25) is 0 Å². The number of aliphatic hydroxyl groups is 1. The zero-order valence-electron chi connectivity index (χ0n) is 14.4. The molecule has 0 saturated carbocycles. The van der Waals surface area contributed by atoms with E-state index in [-0.39, 0.29) is 12.5 Å². The van der Waals surface area contributed by atoms with Crippen molar-refractivity contribution >= 4 is 5.91 Å². The molecule has 1 aromatic heterocycles. The molecule has 1 amide bonds. The molecule has 2 aromatic rings. The van der Waals surface area contributed by atoms with E-state index < -0.39 is 0 Å². The van der Waals surface area contributed by atoms with Gasteiger partial charge in [0.05, 0.1) is 31.1 Å². The lowest BCUT2D eigenvalue weighted by atomic mass is 10.2. The number of hydrogen-bond acceptors (Lipinski definition) is 4. The minimum atomic E-state index is -0.0628. The number of hydrogen-bond donors (Lipinski definition) is 1. The first-order valence-corrected chi connectivity index (χ1v) is 8.82. The van der Waals surface area contributed by atoms with Crippen molar-refractivity contribution in [2.75, 3.05) is 13.2 Å². The first-order valence-electron chi connectivity index (χ1n) is 8.82. The number of aliphatic hydroxyl groups excluding tert-OH is 1. The number of amides is 1. The third kappa shape index (κ3) is 4.90. The van der Waals surface area contributed by atoms with Gasteiger partial charge >= 0.3 is 0 Å². The summed E-state index contributed by atoms with van der Waals surface area (Å²) in [5, 5.41) is 13.6. The van der Waals surface area contributed by atoms with Crippen molar-refractivity contribution in [1.82, 2.24) is 14.7 Å². The van der Waals surface area contributed by atoms with Gasteiger partial charge in [-0.2, -0.15) is 5.10 Å². The van der Waals surface area contributed by atoms with Crippen molar-refractivity contribution in [3.05, 3.63) is 53.3 Å². The summed E-state index contributed by atoms with van der Waals surface area (Å²) in [6.07, 6.45) is 2.11. The van der Waals surface area contributed by atoms with Gasteiger partial charge < -0.3 is 14.7 Å². The molecule has 25 heavy (non-hydrogen) atoms. The average Bonchev–Trinajstić information content (AvgIpc) is 2.92. The summed E-state index contributed by atoms with van der Waals surface area (Å²) >= 11 is 0. The van der Waals surface area contributed by atoms with Gasteiger partial charge in [0.2, 0.25) is 5.91 Å². The van der Waals surface area contributed by atoms with Crippen LogP contribution in [0.25, 0.3) is 0 Å². The summed E-state index contributed by atoms with van der Waals surface area (Å²) in [5.41, 5.74) is 2.81. The second-order valence-electron chi connectivity index (χ2n) is 6.32. The van der Waals surface area contributed by atoms with Gasteiger partial charge in [0.25, 0.3) is 0 Å². The van der Waals surface area contributed by atoms with Crippen LogP contribution in [0.5, 0.6) is 0 Å². The third-order valence-corrected chi connectivity index (χ3v) is 4.37. The highest BCUT2D eigenvalue weighted by atomic mass is 16.5. The molecule has 1 aromatic carbocycles. The number of fused-ring (bicyclic) bond motifs is 1. The second-order valence-corrected chi connectivity index (χ2v) is 6.32. The molecular weight excluding hydrogens is 318 g/mol.